The maximum Gasteiger partial charge on any atom is 0.262 e. The summed E-state index contributed by atoms with van der Waals surface area (Å²) in [7, 11) is -3.80. The minimum atomic E-state index is -3.80. The zero-order chi connectivity index (χ0) is 23.0. The van der Waals surface area contributed by atoms with Crippen LogP contribution in [-0.4, -0.2) is 20.1 Å². The number of benzene rings is 4. The number of rotatable bonds is 5. The molecule has 0 aliphatic carbocycles. The standard InChI is InChI=1S/C26H22N2O3S2/c1-18-12-14-22(15-13-18)28-25(29)17-32-26(28)20-8-4-9-21(16-20)27-33(30,31)24-11-5-7-19-6-2-3-10-23(19)24/h2-16,26-27H,17H2,1H3. The van der Waals surface area contributed by atoms with Crippen LogP contribution in [0.2, 0.25) is 0 Å². The van der Waals surface area contributed by atoms with E-state index in [-0.39, 0.29) is 16.2 Å². The molecule has 7 heteroatoms. The van der Waals surface area contributed by atoms with Crippen molar-refractivity contribution in [1.29, 1.82) is 0 Å². The number of fused-ring (bicyclic) bond motifs is 1. The summed E-state index contributed by atoms with van der Waals surface area (Å²) in [5.41, 5.74) is 3.29. The van der Waals surface area contributed by atoms with E-state index >= 15 is 0 Å². The van der Waals surface area contributed by atoms with Crippen molar-refractivity contribution in [3.63, 3.8) is 0 Å². The summed E-state index contributed by atoms with van der Waals surface area (Å²) in [6.07, 6.45) is 0. The summed E-state index contributed by atoms with van der Waals surface area (Å²) >= 11 is 1.53. The zero-order valence-corrected chi connectivity index (χ0v) is 19.6. The second kappa shape index (κ2) is 8.57. The number of nitrogens with one attached hydrogen (secondary N) is 1. The normalized spacial score (nSPS) is 16.3. The molecule has 166 valence electrons. The number of carbonyl (C=O) groups is 1. The lowest BCUT2D eigenvalue weighted by Crippen LogP contribution is -2.27. The number of aryl methyl sites for hydroxylation is 1. The van der Waals surface area contributed by atoms with Gasteiger partial charge in [0.15, 0.2) is 0 Å². The Kier molecular flexibility index (Phi) is 5.60. The van der Waals surface area contributed by atoms with Crippen molar-refractivity contribution in [3.05, 3.63) is 102 Å². The molecule has 1 saturated heterocycles. The highest BCUT2D eigenvalue weighted by atomic mass is 32.2. The van der Waals surface area contributed by atoms with Crippen LogP contribution in [0.5, 0.6) is 0 Å². The Labute approximate surface area is 197 Å². The number of carbonyl (C=O) groups excluding carboxylic acids is 1. The number of amides is 1. The maximum atomic E-state index is 13.2. The number of nitrogens with zero attached hydrogens (tertiary/aromatic N) is 1. The molecular formula is C26H22N2O3S2. The monoisotopic (exact) mass is 474 g/mol. The molecule has 5 rings (SSSR count). The molecule has 0 aromatic heterocycles. The van der Waals surface area contributed by atoms with Crippen LogP contribution in [0.3, 0.4) is 0 Å². The molecule has 4 aromatic carbocycles. The molecule has 1 heterocycles. The Morgan fingerprint density at radius 2 is 1.64 bits per heavy atom. The van der Waals surface area contributed by atoms with Gasteiger partial charge in [-0.05, 0) is 48.2 Å². The fourth-order valence-corrected chi connectivity index (χ4v) is 6.50. The molecular weight excluding hydrogens is 452 g/mol. The molecule has 1 unspecified atom stereocenters. The van der Waals surface area contributed by atoms with Crippen LogP contribution in [0.4, 0.5) is 11.4 Å². The summed E-state index contributed by atoms with van der Waals surface area (Å²) in [4.78, 5) is 14.7. The third kappa shape index (κ3) is 4.21. The van der Waals surface area contributed by atoms with Crippen LogP contribution in [0.15, 0.2) is 95.9 Å². The lowest BCUT2D eigenvalue weighted by atomic mass is 10.1. The first kappa shape index (κ1) is 21.6. The molecule has 1 aliphatic rings. The summed E-state index contributed by atoms with van der Waals surface area (Å²) in [5, 5.41) is 1.32. The van der Waals surface area contributed by atoms with Crippen molar-refractivity contribution in [2.75, 3.05) is 15.4 Å². The highest BCUT2D eigenvalue weighted by molar-refractivity contribution is 8.00. The lowest BCUT2D eigenvalue weighted by molar-refractivity contribution is -0.115. The predicted octanol–water partition coefficient (Wildman–Crippen LogP) is 5.73. The average molecular weight is 475 g/mol. The van der Waals surface area contributed by atoms with Gasteiger partial charge in [0.25, 0.3) is 10.0 Å². The van der Waals surface area contributed by atoms with Gasteiger partial charge in [-0.2, -0.15) is 0 Å². The fourth-order valence-electron chi connectivity index (χ4n) is 4.05. The smallest absolute Gasteiger partial charge is 0.262 e. The van der Waals surface area contributed by atoms with Gasteiger partial charge >= 0.3 is 0 Å². The van der Waals surface area contributed by atoms with E-state index in [1.54, 1.807) is 35.2 Å². The Hall–Kier alpha value is -3.29. The Morgan fingerprint density at radius 3 is 2.45 bits per heavy atom. The summed E-state index contributed by atoms with van der Waals surface area (Å²) in [6.45, 7) is 2.01. The van der Waals surface area contributed by atoms with Crippen molar-refractivity contribution in [3.8, 4) is 0 Å². The molecule has 1 aliphatic heterocycles. The van der Waals surface area contributed by atoms with E-state index in [1.807, 2.05) is 67.6 Å². The Morgan fingerprint density at radius 1 is 0.909 bits per heavy atom. The molecule has 1 atom stereocenters. The molecule has 0 saturated carbocycles. The van der Waals surface area contributed by atoms with Gasteiger partial charge in [0.1, 0.15) is 5.37 Å². The van der Waals surface area contributed by atoms with Gasteiger partial charge in [-0.15, -0.1) is 11.8 Å². The minimum absolute atomic E-state index is 0.0376. The third-order valence-corrected chi connectivity index (χ3v) is 8.29. The van der Waals surface area contributed by atoms with Crippen LogP contribution >= 0.6 is 11.8 Å². The molecule has 1 N–H and O–H groups in total. The van der Waals surface area contributed by atoms with E-state index < -0.39 is 10.0 Å². The largest absolute Gasteiger partial charge is 0.295 e. The van der Waals surface area contributed by atoms with E-state index in [4.69, 9.17) is 0 Å². The Balaban J connectivity index is 1.47. The van der Waals surface area contributed by atoms with Gasteiger partial charge < -0.3 is 0 Å². The van der Waals surface area contributed by atoms with E-state index in [2.05, 4.69) is 4.72 Å². The van der Waals surface area contributed by atoms with Crippen molar-refractivity contribution in [2.45, 2.75) is 17.2 Å². The number of sulfonamides is 1. The molecule has 4 aromatic rings. The van der Waals surface area contributed by atoms with Gasteiger partial charge in [-0.3, -0.25) is 14.4 Å². The van der Waals surface area contributed by atoms with Crippen molar-refractivity contribution in [2.24, 2.45) is 0 Å². The predicted molar refractivity (Wildman–Crippen MR) is 135 cm³/mol. The quantitative estimate of drug-likeness (QED) is 0.401. The minimum Gasteiger partial charge on any atom is -0.295 e. The van der Waals surface area contributed by atoms with Gasteiger partial charge in [-0.25, -0.2) is 8.42 Å². The molecule has 1 amide bonds. The van der Waals surface area contributed by atoms with E-state index in [9.17, 15) is 13.2 Å². The van der Waals surface area contributed by atoms with Crippen molar-refractivity contribution >= 4 is 49.8 Å². The highest BCUT2D eigenvalue weighted by Crippen LogP contribution is 2.42. The topological polar surface area (TPSA) is 66.5 Å². The van der Waals surface area contributed by atoms with Crippen LogP contribution in [0, 0.1) is 6.92 Å². The van der Waals surface area contributed by atoms with E-state index in [0.717, 1.165) is 22.2 Å². The summed E-state index contributed by atoms with van der Waals surface area (Å²) in [6, 6.07) is 27.8. The molecule has 0 radical (unpaired) electrons. The lowest BCUT2D eigenvalue weighted by Gasteiger charge is -2.25. The molecule has 5 nitrogen and oxygen atoms in total. The summed E-state index contributed by atoms with van der Waals surface area (Å²) < 4.78 is 29.2. The van der Waals surface area contributed by atoms with Gasteiger partial charge in [-0.1, -0.05) is 66.2 Å². The van der Waals surface area contributed by atoms with Gasteiger partial charge in [0, 0.05) is 16.8 Å². The number of hydrogen-bond donors (Lipinski definition) is 1. The number of anilines is 2. The van der Waals surface area contributed by atoms with Crippen LogP contribution in [-0.2, 0) is 14.8 Å². The second-order valence-electron chi connectivity index (χ2n) is 7.97. The van der Waals surface area contributed by atoms with Crippen molar-refractivity contribution in [1.82, 2.24) is 0 Å². The first-order valence-electron chi connectivity index (χ1n) is 10.5. The molecule has 0 spiro atoms. The SMILES string of the molecule is Cc1ccc(N2C(=O)CSC2c2cccc(NS(=O)(=O)c3cccc4ccccc34)c2)cc1. The van der Waals surface area contributed by atoms with Gasteiger partial charge in [0.05, 0.1) is 10.6 Å². The van der Waals surface area contributed by atoms with Crippen LogP contribution in [0.25, 0.3) is 10.8 Å². The molecule has 0 bridgehead atoms. The summed E-state index contributed by atoms with van der Waals surface area (Å²) in [5.74, 6) is 0.417. The van der Waals surface area contributed by atoms with Crippen LogP contribution in [0.1, 0.15) is 16.5 Å². The van der Waals surface area contributed by atoms with E-state index in [0.29, 0.717) is 16.8 Å². The van der Waals surface area contributed by atoms with Crippen molar-refractivity contribution < 1.29 is 13.2 Å². The number of hydrogen-bond acceptors (Lipinski definition) is 4. The first-order chi connectivity index (χ1) is 15.9. The van der Waals surface area contributed by atoms with E-state index in [1.165, 1.54) is 11.8 Å². The average Bonchev–Trinajstić information content (AvgIpc) is 3.20. The number of thioether (sulfide) groups is 1. The Bertz CT molecular complexity index is 1440. The third-order valence-electron chi connectivity index (χ3n) is 5.64. The zero-order valence-electron chi connectivity index (χ0n) is 17.9. The van der Waals surface area contributed by atoms with Gasteiger partial charge in [0.2, 0.25) is 5.91 Å². The van der Waals surface area contributed by atoms with Crippen LogP contribution < -0.4 is 9.62 Å². The second-order valence-corrected chi connectivity index (χ2v) is 10.7. The maximum absolute atomic E-state index is 13.2. The highest BCUT2D eigenvalue weighted by Gasteiger charge is 2.34. The fraction of sp³-hybridized carbons (Fsp3) is 0.115. The first-order valence-corrected chi connectivity index (χ1v) is 13.1. The molecule has 33 heavy (non-hydrogen) atoms. The molecule has 1 fully saturated rings.